The molecule has 1 spiro atoms. The van der Waals surface area contributed by atoms with Crippen molar-refractivity contribution in [2.75, 3.05) is 33.4 Å². The van der Waals surface area contributed by atoms with Crippen LogP contribution in [0.1, 0.15) is 24.8 Å². The average Bonchev–Trinajstić information content (AvgIpc) is 2.68. The number of pyridine rings is 1. The molecule has 2 aliphatic heterocycles. The van der Waals surface area contributed by atoms with E-state index in [2.05, 4.69) is 25.9 Å². The molecule has 2 aromatic heterocycles. The third-order valence-corrected chi connectivity index (χ3v) is 5.37. The maximum atomic E-state index is 6.17. The van der Waals surface area contributed by atoms with Gasteiger partial charge in [-0.2, -0.15) is 0 Å². The Labute approximate surface area is 159 Å². The van der Waals surface area contributed by atoms with Gasteiger partial charge in [-0.3, -0.25) is 9.88 Å². The van der Waals surface area contributed by atoms with Gasteiger partial charge >= 0.3 is 0 Å². The van der Waals surface area contributed by atoms with Crippen LogP contribution in [0.5, 0.6) is 11.8 Å². The summed E-state index contributed by atoms with van der Waals surface area (Å²) in [6, 6.07) is 4.03. The first-order valence-corrected chi connectivity index (χ1v) is 9.49. The third-order valence-electron chi connectivity index (χ3n) is 5.37. The molecule has 2 fully saturated rings. The number of ether oxygens (including phenoxy) is 3. The second-order valence-electron chi connectivity index (χ2n) is 7.39. The lowest BCUT2D eigenvalue weighted by Crippen LogP contribution is -2.64. The Kier molecular flexibility index (Phi) is 5.50. The molecule has 7 heteroatoms. The molecule has 144 valence electrons. The highest BCUT2D eigenvalue weighted by Crippen LogP contribution is 2.39. The summed E-state index contributed by atoms with van der Waals surface area (Å²) in [4.78, 5) is 14.9. The topological polar surface area (TPSA) is 69.6 Å². The Balaban J connectivity index is 1.24. The van der Waals surface area contributed by atoms with Crippen molar-refractivity contribution in [2.45, 2.75) is 31.4 Å². The van der Waals surface area contributed by atoms with E-state index >= 15 is 0 Å². The lowest BCUT2D eigenvalue weighted by molar-refractivity contribution is -0.182. The quantitative estimate of drug-likeness (QED) is 0.741. The predicted molar refractivity (Wildman–Crippen MR) is 99.6 cm³/mol. The van der Waals surface area contributed by atoms with Crippen LogP contribution in [-0.4, -0.2) is 58.9 Å². The van der Waals surface area contributed by atoms with Crippen LogP contribution >= 0.6 is 0 Å². The van der Waals surface area contributed by atoms with Gasteiger partial charge in [0.2, 0.25) is 11.8 Å². The Morgan fingerprint density at radius 1 is 1.26 bits per heavy atom. The van der Waals surface area contributed by atoms with Crippen molar-refractivity contribution in [1.82, 2.24) is 19.9 Å². The van der Waals surface area contributed by atoms with Crippen LogP contribution in [-0.2, 0) is 11.3 Å². The van der Waals surface area contributed by atoms with Crippen molar-refractivity contribution in [3.8, 4) is 11.8 Å². The van der Waals surface area contributed by atoms with Gasteiger partial charge < -0.3 is 14.2 Å². The van der Waals surface area contributed by atoms with Crippen molar-refractivity contribution in [3.63, 3.8) is 0 Å². The van der Waals surface area contributed by atoms with Crippen LogP contribution in [0, 0.1) is 5.92 Å². The molecular formula is C20H26N4O3. The van der Waals surface area contributed by atoms with Crippen LogP contribution in [0.2, 0.25) is 0 Å². The first-order valence-electron chi connectivity index (χ1n) is 9.49. The molecule has 2 aliphatic rings. The molecular weight excluding hydrogens is 344 g/mol. The molecule has 0 bridgehead atoms. The number of hydrogen-bond donors (Lipinski definition) is 0. The van der Waals surface area contributed by atoms with Gasteiger partial charge in [-0.25, -0.2) is 9.97 Å². The van der Waals surface area contributed by atoms with Crippen LogP contribution in [0.25, 0.3) is 0 Å². The molecule has 4 rings (SSSR count). The minimum atomic E-state index is 0.00487. The van der Waals surface area contributed by atoms with E-state index in [1.165, 1.54) is 0 Å². The molecule has 0 N–H and O–H groups in total. The van der Waals surface area contributed by atoms with Gasteiger partial charge in [0, 0.05) is 50.4 Å². The molecule has 0 aromatic carbocycles. The fraction of sp³-hybridized carbons (Fsp3) is 0.550. The van der Waals surface area contributed by atoms with E-state index in [0.717, 1.165) is 51.1 Å². The zero-order valence-electron chi connectivity index (χ0n) is 15.7. The van der Waals surface area contributed by atoms with Crippen molar-refractivity contribution < 1.29 is 14.2 Å². The van der Waals surface area contributed by atoms with Gasteiger partial charge in [0.05, 0.1) is 25.5 Å². The van der Waals surface area contributed by atoms with Crippen LogP contribution in [0.4, 0.5) is 0 Å². The Morgan fingerprint density at radius 3 is 3.00 bits per heavy atom. The van der Waals surface area contributed by atoms with E-state index in [4.69, 9.17) is 14.2 Å². The highest BCUT2D eigenvalue weighted by atomic mass is 16.5. The third kappa shape index (κ3) is 4.36. The highest BCUT2D eigenvalue weighted by molar-refractivity contribution is 5.25. The number of methoxy groups -OCH3 is 1. The van der Waals surface area contributed by atoms with E-state index in [1.54, 1.807) is 31.9 Å². The minimum absolute atomic E-state index is 0.00487. The van der Waals surface area contributed by atoms with Crippen molar-refractivity contribution in [3.05, 3.63) is 42.5 Å². The van der Waals surface area contributed by atoms with E-state index in [1.807, 2.05) is 6.07 Å². The summed E-state index contributed by atoms with van der Waals surface area (Å²) >= 11 is 0. The largest absolute Gasteiger partial charge is 0.481 e. The molecule has 2 saturated heterocycles. The smallest absolute Gasteiger partial charge is 0.232 e. The first kappa shape index (κ1) is 18.1. The standard InChI is InChI=1S/C20H26N4O3/c1-25-19-17(3-2-6-23-19)13-24-14-20(15-24)11-16(5-10-27-20)4-9-26-18-12-21-7-8-22-18/h2-3,6-8,12,16H,4-5,9-11,13-15H2,1H3. The van der Waals surface area contributed by atoms with Crippen LogP contribution < -0.4 is 9.47 Å². The van der Waals surface area contributed by atoms with Gasteiger partial charge in [0.15, 0.2) is 0 Å². The van der Waals surface area contributed by atoms with Crippen LogP contribution in [0.15, 0.2) is 36.9 Å². The molecule has 0 aliphatic carbocycles. The van der Waals surface area contributed by atoms with Crippen molar-refractivity contribution in [2.24, 2.45) is 5.92 Å². The van der Waals surface area contributed by atoms with E-state index in [-0.39, 0.29) is 5.60 Å². The predicted octanol–water partition coefficient (Wildman–Crippen LogP) is 2.33. The van der Waals surface area contributed by atoms with Crippen LogP contribution in [0.3, 0.4) is 0 Å². The highest BCUT2D eigenvalue weighted by Gasteiger charge is 2.47. The fourth-order valence-electron chi connectivity index (χ4n) is 4.14. The second-order valence-corrected chi connectivity index (χ2v) is 7.39. The molecule has 27 heavy (non-hydrogen) atoms. The van der Waals surface area contributed by atoms with Gasteiger partial charge in [0.25, 0.3) is 0 Å². The normalized spacial score (nSPS) is 21.6. The molecule has 2 aromatic rings. The lowest BCUT2D eigenvalue weighted by Gasteiger charge is -2.53. The van der Waals surface area contributed by atoms with Crippen molar-refractivity contribution >= 4 is 0 Å². The number of nitrogens with zero attached hydrogens (tertiary/aromatic N) is 4. The summed E-state index contributed by atoms with van der Waals surface area (Å²) in [7, 11) is 1.67. The van der Waals surface area contributed by atoms with E-state index < -0.39 is 0 Å². The van der Waals surface area contributed by atoms with Gasteiger partial charge in [-0.1, -0.05) is 6.07 Å². The molecule has 1 atom stereocenters. The van der Waals surface area contributed by atoms with Crippen molar-refractivity contribution in [1.29, 1.82) is 0 Å². The monoisotopic (exact) mass is 370 g/mol. The number of rotatable bonds is 7. The zero-order valence-corrected chi connectivity index (χ0v) is 15.7. The molecule has 4 heterocycles. The maximum Gasteiger partial charge on any atom is 0.232 e. The first-order chi connectivity index (χ1) is 13.3. The van der Waals surface area contributed by atoms with Gasteiger partial charge in [0.1, 0.15) is 0 Å². The summed E-state index contributed by atoms with van der Waals surface area (Å²) in [6.45, 7) is 4.29. The maximum absolute atomic E-state index is 6.17. The molecule has 0 radical (unpaired) electrons. The molecule has 7 nitrogen and oxygen atoms in total. The van der Waals surface area contributed by atoms with E-state index in [9.17, 15) is 0 Å². The average molecular weight is 370 g/mol. The lowest BCUT2D eigenvalue weighted by atomic mass is 9.79. The molecule has 0 amide bonds. The summed E-state index contributed by atoms with van der Waals surface area (Å²) < 4.78 is 17.2. The molecule has 1 unspecified atom stereocenters. The number of hydrogen-bond acceptors (Lipinski definition) is 7. The fourth-order valence-corrected chi connectivity index (χ4v) is 4.14. The van der Waals surface area contributed by atoms with Gasteiger partial charge in [-0.15, -0.1) is 0 Å². The summed E-state index contributed by atoms with van der Waals surface area (Å²) in [6.07, 6.45) is 9.94. The number of aromatic nitrogens is 3. The summed E-state index contributed by atoms with van der Waals surface area (Å²) in [5, 5.41) is 0. The molecule has 0 saturated carbocycles. The zero-order chi connectivity index (χ0) is 18.5. The number of likely N-dealkylation sites (tertiary alicyclic amines) is 1. The minimum Gasteiger partial charge on any atom is -0.481 e. The summed E-state index contributed by atoms with van der Waals surface area (Å²) in [5.74, 6) is 1.94. The second kappa shape index (κ2) is 8.19. The van der Waals surface area contributed by atoms with E-state index in [0.29, 0.717) is 24.3 Å². The Hall–Kier alpha value is -2.25. The summed E-state index contributed by atoms with van der Waals surface area (Å²) in [5.41, 5.74) is 1.13. The Bertz CT molecular complexity index is 737. The Morgan fingerprint density at radius 2 is 2.19 bits per heavy atom. The SMILES string of the molecule is COc1ncccc1CN1CC2(CC(CCOc3cnccn3)CCO2)C1. The van der Waals surface area contributed by atoms with Gasteiger partial charge in [-0.05, 0) is 31.2 Å².